The minimum atomic E-state index is -0.269. The van der Waals surface area contributed by atoms with Gasteiger partial charge in [-0.05, 0) is 37.5 Å². The molecule has 3 rings (SSSR count). The number of carbonyl (C=O) groups excluding carboxylic acids is 2. The number of amides is 3. The van der Waals surface area contributed by atoms with E-state index in [1.807, 2.05) is 0 Å². The molecule has 1 aromatic rings. The van der Waals surface area contributed by atoms with E-state index in [0.29, 0.717) is 24.1 Å². The molecule has 6 nitrogen and oxygen atoms in total. The summed E-state index contributed by atoms with van der Waals surface area (Å²) in [5, 5.41) is 5.73. The Balaban J connectivity index is 1.44. The summed E-state index contributed by atoms with van der Waals surface area (Å²) < 4.78 is 0. The van der Waals surface area contributed by atoms with Gasteiger partial charge in [-0.2, -0.15) is 0 Å². The fourth-order valence-corrected chi connectivity index (χ4v) is 3.53. The van der Waals surface area contributed by atoms with E-state index < -0.39 is 0 Å². The maximum atomic E-state index is 11.9. The van der Waals surface area contributed by atoms with Crippen molar-refractivity contribution >= 4 is 29.1 Å². The molecule has 1 aromatic heterocycles. The Morgan fingerprint density at radius 1 is 1.40 bits per heavy atom. The second-order valence-electron chi connectivity index (χ2n) is 5.64. The molecule has 0 spiro atoms. The number of nitrogens with one attached hydrogen (secondary N) is 2. The highest BCUT2D eigenvalue weighted by atomic mass is 32.1. The Labute approximate surface area is 121 Å². The minimum absolute atomic E-state index is 0.141. The van der Waals surface area contributed by atoms with Gasteiger partial charge in [0.1, 0.15) is 5.82 Å². The average Bonchev–Trinajstić information content (AvgIpc) is 3.07. The van der Waals surface area contributed by atoms with Crippen LogP contribution in [0.4, 0.5) is 10.6 Å². The number of primary amides is 1. The van der Waals surface area contributed by atoms with Gasteiger partial charge in [0.15, 0.2) is 0 Å². The van der Waals surface area contributed by atoms with E-state index in [0.717, 1.165) is 12.8 Å². The molecule has 0 unspecified atom stereocenters. The lowest BCUT2D eigenvalue weighted by atomic mass is 9.78. The lowest BCUT2D eigenvalue weighted by Crippen LogP contribution is -2.46. The largest absolute Gasteiger partial charge is 0.370 e. The molecule has 1 heterocycles. The molecule has 2 fully saturated rings. The summed E-state index contributed by atoms with van der Waals surface area (Å²) in [7, 11) is 0. The molecule has 4 N–H and O–H groups in total. The lowest BCUT2D eigenvalue weighted by Gasteiger charge is -2.35. The molecule has 0 saturated heterocycles. The molecule has 2 aliphatic rings. The van der Waals surface area contributed by atoms with E-state index in [9.17, 15) is 9.59 Å². The van der Waals surface area contributed by atoms with Crippen LogP contribution in [0.1, 0.15) is 42.9 Å². The van der Waals surface area contributed by atoms with E-state index in [-0.39, 0.29) is 18.0 Å². The predicted molar refractivity (Wildman–Crippen MR) is 76.6 cm³/mol. The molecule has 108 valence electrons. The Morgan fingerprint density at radius 2 is 2.15 bits per heavy atom. The van der Waals surface area contributed by atoms with Gasteiger partial charge in [0, 0.05) is 12.5 Å². The summed E-state index contributed by atoms with van der Waals surface area (Å²) in [5.74, 6) is 1.33. The van der Waals surface area contributed by atoms with Crippen LogP contribution >= 0.6 is 11.3 Å². The third kappa shape index (κ3) is 3.09. The van der Waals surface area contributed by atoms with E-state index in [2.05, 4.69) is 15.6 Å². The van der Waals surface area contributed by atoms with Gasteiger partial charge in [-0.1, -0.05) is 0 Å². The molecule has 0 radical (unpaired) electrons. The molecule has 2 aliphatic carbocycles. The van der Waals surface area contributed by atoms with Crippen molar-refractivity contribution in [3.05, 3.63) is 10.4 Å². The number of hydrogen-bond acceptors (Lipinski definition) is 4. The zero-order valence-corrected chi connectivity index (χ0v) is 11.9. The summed E-state index contributed by atoms with van der Waals surface area (Å²) in [6.07, 6.45) is 4.44. The number of aromatic nitrogens is 1. The number of urea groups is 1. The molecule has 0 atom stereocenters. The van der Waals surface area contributed by atoms with Crippen molar-refractivity contribution in [3.63, 3.8) is 0 Å². The second-order valence-corrected chi connectivity index (χ2v) is 6.53. The zero-order chi connectivity index (χ0) is 14.1. The molecule has 2 saturated carbocycles. The van der Waals surface area contributed by atoms with Crippen LogP contribution in [0, 0.1) is 5.92 Å². The van der Waals surface area contributed by atoms with Crippen LogP contribution in [-0.4, -0.2) is 23.0 Å². The molecule has 0 aromatic carbocycles. The molecule has 7 heteroatoms. The van der Waals surface area contributed by atoms with Crippen LogP contribution in [0.2, 0.25) is 0 Å². The quantitative estimate of drug-likeness (QED) is 0.772. The second kappa shape index (κ2) is 5.40. The normalized spacial score (nSPS) is 24.8. The van der Waals surface area contributed by atoms with Crippen LogP contribution in [-0.2, 0) is 4.79 Å². The maximum absolute atomic E-state index is 11.9. The number of nitrogens with zero attached hydrogens (tertiary/aromatic N) is 1. The van der Waals surface area contributed by atoms with Gasteiger partial charge >= 0.3 is 6.03 Å². The molecule has 20 heavy (non-hydrogen) atoms. The number of rotatable bonds is 5. The molecule has 0 aliphatic heterocycles. The number of anilines is 1. The first-order chi connectivity index (χ1) is 9.61. The van der Waals surface area contributed by atoms with Gasteiger partial charge in [0.25, 0.3) is 0 Å². The van der Waals surface area contributed by atoms with Crippen molar-refractivity contribution in [3.8, 4) is 0 Å². The van der Waals surface area contributed by atoms with Gasteiger partial charge < -0.3 is 11.1 Å². The lowest BCUT2D eigenvalue weighted by molar-refractivity contribution is -0.119. The van der Waals surface area contributed by atoms with Crippen molar-refractivity contribution in [1.82, 2.24) is 10.3 Å². The van der Waals surface area contributed by atoms with Gasteiger partial charge in [-0.15, -0.1) is 11.3 Å². The number of carbonyl (C=O) groups is 2. The summed E-state index contributed by atoms with van der Waals surface area (Å²) in [6, 6.07) is -0.0670. The van der Waals surface area contributed by atoms with Gasteiger partial charge in [-0.3, -0.25) is 10.1 Å². The van der Waals surface area contributed by atoms with Crippen molar-refractivity contribution in [2.75, 3.05) is 5.32 Å². The topological polar surface area (TPSA) is 97.1 Å². The molecular formula is C13H18N4O2S. The Kier molecular flexibility index (Phi) is 3.60. The first-order valence-electron chi connectivity index (χ1n) is 6.91. The Morgan fingerprint density at radius 3 is 2.80 bits per heavy atom. The van der Waals surface area contributed by atoms with E-state index in [4.69, 9.17) is 5.73 Å². The fraction of sp³-hybridized carbons (Fsp3) is 0.615. The standard InChI is InChI=1S/C13H18N4O2S/c14-10(18)5-7-3-9(4-7)16-13(19)17-12-11(8-1-2-8)20-6-15-12/h6-9H,1-5H2,(H2,14,18)(H2,16,17,19). The van der Waals surface area contributed by atoms with Crippen molar-refractivity contribution in [2.24, 2.45) is 11.7 Å². The van der Waals surface area contributed by atoms with E-state index >= 15 is 0 Å². The third-order valence-corrected chi connectivity index (χ3v) is 4.83. The number of nitrogens with two attached hydrogens (primary N) is 1. The molecular weight excluding hydrogens is 276 g/mol. The smallest absolute Gasteiger partial charge is 0.320 e. The summed E-state index contributed by atoms with van der Waals surface area (Å²) in [4.78, 5) is 28.0. The summed E-state index contributed by atoms with van der Waals surface area (Å²) in [6.45, 7) is 0. The van der Waals surface area contributed by atoms with Crippen molar-refractivity contribution < 1.29 is 9.59 Å². The maximum Gasteiger partial charge on any atom is 0.320 e. The van der Waals surface area contributed by atoms with Gasteiger partial charge in [0.05, 0.1) is 10.4 Å². The fourth-order valence-electron chi connectivity index (χ4n) is 2.62. The van der Waals surface area contributed by atoms with E-state index in [1.165, 1.54) is 17.7 Å². The first-order valence-corrected chi connectivity index (χ1v) is 7.79. The summed E-state index contributed by atoms with van der Waals surface area (Å²) in [5.41, 5.74) is 6.92. The highest BCUT2D eigenvalue weighted by molar-refractivity contribution is 7.10. The van der Waals surface area contributed by atoms with Crippen LogP contribution in [0.15, 0.2) is 5.51 Å². The van der Waals surface area contributed by atoms with Crippen LogP contribution < -0.4 is 16.4 Å². The van der Waals surface area contributed by atoms with E-state index in [1.54, 1.807) is 16.8 Å². The Bertz CT molecular complexity index is 520. The zero-order valence-electron chi connectivity index (χ0n) is 11.1. The highest BCUT2D eigenvalue weighted by Crippen LogP contribution is 2.45. The highest BCUT2D eigenvalue weighted by Gasteiger charge is 2.32. The van der Waals surface area contributed by atoms with Crippen LogP contribution in [0.3, 0.4) is 0 Å². The predicted octanol–water partition coefficient (Wildman–Crippen LogP) is 1.80. The SMILES string of the molecule is NC(=O)CC1CC(NC(=O)Nc2ncsc2C2CC2)C1. The number of thiazole rings is 1. The van der Waals surface area contributed by atoms with Crippen molar-refractivity contribution in [1.29, 1.82) is 0 Å². The molecule has 0 bridgehead atoms. The average molecular weight is 294 g/mol. The van der Waals surface area contributed by atoms with Gasteiger partial charge in [-0.25, -0.2) is 9.78 Å². The van der Waals surface area contributed by atoms with Gasteiger partial charge in [0.2, 0.25) is 5.91 Å². The molecule has 3 amide bonds. The monoisotopic (exact) mass is 294 g/mol. The number of hydrogen-bond donors (Lipinski definition) is 3. The summed E-state index contributed by atoms with van der Waals surface area (Å²) >= 11 is 1.60. The van der Waals surface area contributed by atoms with Crippen LogP contribution in [0.5, 0.6) is 0 Å². The first kappa shape index (κ1) is 13.4. The third-order valence-electron chi connectivity index (χ3n) is 3.84. The van der Waals surface area contributed by atoms with Crippen LogP contribution in [0.25, 0.3) is 0 Å². The van der Waals surface area contributed by atoms with Crippen molar-refractivity contribution in [2.45, 2.75) is 44.1 Å². The Hall–Kier alpha value is -1.63. The minimum Gasteiger partial charge on any atom is -0.370 e.